The zero-order valence-electron chi connectivity index (χ0n) is 11.7. The fraction of sp³-hybridized carbons (Fsp3) is 0.438. The highest BCUT2D eigenvalue weighted by molar-refractivity contribution is 5.98. The third-order valence-corrected chi connectivity index (χ3v) is 4.11. The Bertz CT molecular complexity index is 566. The molecule has 1 aliphatic rings. The summed E-state index contributed by atoms with van der Waals surface area (Å²) in [5, 5.41) is 4.17. The van der Waals surface area contributed by atoms with Crippen molar-refractivity contribution in [2.45, 2.75) is 25.8 Å². The van der Waals surface area contributed by atoms with Crippen LogP contribution in [0.5, 0.6) is 0 Å². The van der Waals surface area contributed by atoms with E-state index in [0.717, 1.165) is 37.0 Å². The van der Waals surface area contributed by atoms with Crippen molar-refractivity contribution in [1.29, 1.82) is 0 Å². The number of ether oxygens (including phenoxy) is 1. The Kier molecular flexibility index (Phi) is 3.74. The molecule has 0 bridgehead atoms. The Labute approximate surface area is 118 Å². The number of rotatable bonds is 3. The van der Waals surface area contributed by atoms with Gasteiger partial charge in [0.2, 0.25) is 0 Å². The van der Waals surface area contributed by atoms with E-state index in [-0.39, 0.29) is 11.9 Å². The van der Waals surface area contributed by atoms with Crippen molar-refractivity contribution in [3.05, 3.63) is 36.0 Å². The van der Waals surface area contributed by atoms with E-state index in [0.29, 0.717) is 11.6 Å². The van der Waals surface area contributed by atoms with Crippen LogP contribution >= 0.6 is 0 Å². The summed E-state index contributed by atoms with van der Waals surface area (Å²) in [5.41, 5.74) is 1.63. The first kappa shape index (κ1) is 13.2. The second-order valence-electron chi connectivity index (χ2n) is 5.48. The van der Waals surface area contributed by atoms with Crippen molar-refractivity contribution >= 4 is 16.8 Å². The van der Waals surface area contributed by atoms with Crippen LogP contribution in [0.4, 0.5) is 0 Å². The molecule has 3 rings (SSSR count). The molecule has 0 spiro atoms. The van der Waals surface area contributed by atoms with E-state index in [1.165, 1.54) is 0 Å². The van der Waals surface area contributed by atoms with E-state index < -0.39 is 0 Å². The molecule has 0 radical (unpaired) electrons. The smallest absolute Gasteiger partial charge is 0.267 e. The molecule has 1 fully saturated rings. The lowest BCUT2D eigenvalue weighted by Crippen LogP contribution is -2.40. The van der Waals surface area contributed by atoms with Gasteiger partial charge in [-0.3, -0.25) is 4.79 Å². The molecule has 4 nitrogen and oxygen atoms in total. The minimum absolute atomic E-state index is 0.0276. The number of amides is 1. The van der Waals surface area contributed by atoms with Gasteiger partial charge in [0, 0.05) is 30.2 Å². The van der Waals surface area contributed by atoms with Gasteiger partial charge in [-0.15, -0.1) is 0 Å². The lowest BCUT2D eigenvalue weighted by Gasteiger charge is -2.28. The van der Waals surface area contributed by atoms with Crippen molar-refractivity contribution in [2.75, 3.05) is 13.2 Å². The third kappa shape index (κ3) is 2.70. The zero-order chi connectivity index (χ0) is 13.9. The van der Waals surface area contributed by atoms with Gasteiger partial charge in [-0.2, -0.15) is 0 Å². The lowest BCUT2D eigenvalue weighted by atomic mass is 9.93. The maximum atomic E-state index is 12.3. The average Bonchev–Trinajstić information content (AvgIpc) is 2.92. The average molecular weight is 272 g/mol. The molecule has 1 aromatic heterocycles. The summed E-state index contributed by atoms with van der Waals surface area (Å²) in [7, 11) is 0. The second-order valence-corrected chi connectivity index (χ2v) is 5.48. The molecule has 1 unspecified atom stereocenters. The van der Waals surface area contributed by atoms with Gasteiger partial charge in [0.15, 0.2) is 0 Å². The number of para-hydroxylation sites is 1. The predicted molar refractivity (Wildman–Crippen MR) is 78.8 cm³/mol. The van der Waals surface area contributed by atoms with Gasteiger partial charge < -0.3 is 15.0 Å². The number of aromatic amines is 1. The van der Waals surface area contributed by atoms with Gasteiger partial charge in [-0.1, -0.05) is 18.2 Å². The molecule has 1 saturated heterocycles. The van der Waals surface area contributed by atoms with Crippen molar-refractivity contribution in [3.63, 3.8) is 0 Å². The van der Waals surface area contributed by atoms with E-state index in [9.17, 15) is 4.79 Å². The van der Waals surface area contributed by atoms with Gasteiger partial charge in [-0.05, 0) is 37.8 Å². The number of carbonyl (C=O) groups is 1. The summed E-state index contributed by atoms with van der Waals surface area (Å²) in [6, 6.07) is 10.0. The summed E-state index contributed by atoms with van der Waals surface area (Å²) >= 11 is 0. The molecule has 20 heavy (non-hydrogen) atoms. The number of carbonyl (C=O) groups excluding carboxylic acids is 1. The maximum absolute atomic E-state index is 12.3. The lowest BCUT2D eigenvalue weighted by molar-refractivity contribution is 0.0538. The molecular formula is C16H20N2O2. The minimum atomic E-state index is -0.0276. The van der Waals surface area contributed by atoms with E-state index in [2.05, 4.69) is 17.2 Å². The van der Waals surface area contributed by atoms with Crippen LogP contribution in [-0.2, 0) is 4.74 Å². The molecule has 0 aliphatic carbocycles. The van der Waals surface area contributed by atoms with Crippen molar-refractivity contribution < 1.29 is 9.53 Å². The standard InChI is InChI=1S/C16H20N2O2/c1-11(12-6-8-20-9-7-12)17-16(19)15-10-13-4-2-3-5-14(13)18-15/h2-5,10-12,18H,6-9H2,1H3,(H,17,19). The summed E-state index contributed by atoms with van der Waals surface area (Å²) in [4.78, 5) is 15.5. The van der Waals surface area contributed by atoms with Crippen LogP contribution in [0.15, 0.2) is 30.3 Å². The van der Waals surface area contributed by atoms with Gasteiger partial charge in [0.1, 0.15) is 5.69 Å². The Balaban J connectivity index is 1.68. The number of aromatic nitrogens is 1. The van der Waals surface area contributed by atoms with E-state index in [1.54, 1.807) is 0 Å². The molecule has 1 aromatic carbocycles. The predicted octanol–water partition coefficient (Wildman–Crippen LogP) is 2.71. The van der Waals surface area contributed by atoms with Crippen LogP contribution in [-0.4, -0.2) is 30.1 Å². The number of hydrogen-bond acceptors (Lipinski definition) is 2. The SMILES string of the molecule is CC(NC(=O)c1cc2ccccc2[nH]1)C1CCOCC1. The molecule has 0 saturated carbocycles. The van der Waals surface area contributed by atoms with Crippen LogP contribution in [0.2, 0.25) is 0 Å². The minimum Gasteiger partial charge on any atom is -0.381 e. The number of fused-ring (bicyclic) bond motifs is 1. The number of nitrogens with one attached hydrogen (secondary N) is 2. The molecule has 4 heteroatoms. The monoisotopic (exact) mass is 272 g/mol. The highest BCUT2D eigenvalue weighted by Gasteiger charge is 2.22. The van der Waals surface area contributed by atoms with Gasteiger partial charge in [0.05, 0.1) is 0 Å². The molecule has 1 amide bonds. The van der Waals surface area contributed by atoms with Crippen LogP contribution in [0.25, 0.3) is 10.9 Å². The molecule has 2 heterocycles. The summed E-state index contributed by atoms with van der Waals surface area (Å²) in [5.74, 6) is 0.484. The Hall–Kier alpha value is -1.81. The molecular weight excluding hydrogens is 252 g/mol. The van der Waals surface area contributed by atoms with Gasteiger partial charge >= 0.3 is 0 Å². The molecule has 2 N–H and O–H groups in total. The summed E-state index contributed by atoms with van der Waals surface area (Å²) in [6.07, 6.45) is 2.04. The molecule has 1 atom stereocenters. The molecule has 1 aliphatic heterocycles. The van der Waals surface area contributed by atoms with Gasteiger partial charge in [-0.25, -0.2) is 0 Å². The van der Waals surface area contributed by atoms with E-state index in [4.69, 9.17) is 4.74 Å². The quantitative estimate of drug-likeness (QED) is 0.902. The first-order valence-electron chi connectivity index (χ1n) is 7.20. The van der Waals surface area contributed by atoms with Crippen LogP contribution in [0, 0.1) is 5.92 Å². The van der Waals surface area contributed by atoms with Crippen LogP contribution < -0.4 is 5.32 Å². The van der Waals surface area contributed by atoms with Crippen LogP contribution in [0.3, 0.4) is 0 Å². The van der Waals surface area contributed by atoms with Gasteiger partial charge in [0.25, 0.3) is 5.91 Å². The molecule has 106 valence electrons. The topological polar surface area (TPSA) is 54.1 Å². The first-order chi connectivity index (χ1) is 9.74. The third-order valence-electron chi connectivity index (χ3n) is 4.11. The summed E-state index contributed by atoms with van der Waals surface area (Å²) < 4.78 is 5.36. The fourth-order valence-corrected chi connectivity index (χ4v) is 2.81. The largest absolute Gasteiger partial charge is 0.381 e. The normalized spacial score (nSPS) is 18.1. The summed E-state index contributed by atoms with van der Waals surface area (Å²) in [6.45, 7) is 3.69. The number of benzene rings is 1. The highest BCUT2D eigenvalue weighted by Crippen LogP contribution is 2.19. The number of H-pyrrole nitrogens is 1. The van der Waals surface area contributed by atoms with Crippen molar-refractivity contribution in [3.8, 4) is 0 Å². The van der Waals surface area contributed by atoms with E-state index >= 15 is 0 Å². The van der Waals surface area contributed by atoms with Crippen LogP contribution in [0.1, 0.15) is 30.3 Å². The number of hydrogen-bond donors (Lipinski definition) is 2. The second kappa shape index (κ2) is 5.67. The fourth-order valence-electron chi connectivity index (χ4n) is 2.81. The Morgan fingerprint density at radius 1 is 1.35 bits per heavy atom. The van der Waals surface area contributed by atoms with Crippen molar-refractivity contribution in [2.24, 2.45) is 5.92 Å². The van der Waals surface area contributed by atoms with Crippen molar-refractivity contribution in [1.82, 2.24) is 10.3 Å². The Morgan fingerprint density at radius 2 is 2.10 bits per heavy atom. The Morgan fingerprint density at radius 3 is 2.85 bits per heavy atom. The highest BCUT2D eigenvalue weighted by atomic mass is 16.5. The maximum Gasteiger partial charge on any atom is 0.267 e. The molecule has 2 aromatic rings. The van der Waals surface area contributed by atoms with E-state index in [1.807, 2.05) is 30.3 Å². The first-order valence-corrected chi connectivity index (χ1v) is 7.20. The zero-order valence-corrected chi connectivity index (χ0v) is 11.7.